The molecule has 9 nitrogen and oxygen atoms in total. The largest absolute Gasteiger partial charge is 0.482 e. The summed E-state index contributed by atoms with van der Waals surface area (Å²) in [6.07, 6.45) is 0. The van der Waals surface area contributed by atoms with Gasteiger partial charge in [-0.3, -0.25) is 24.6 Å². The van der Waals surface area contributed by atoms with E-state index >= 15 is 0 Å². The van der Waals surface area contributed by atoms with Crippen molar-refractivity contribution in [3.8, 4) is 5.75 Å². The molecule has 2 heterocycles. The van der Waals surface area contributed by atoms with Crippen molar-refractivity contribution in [3.05, 3.63) is 28.3 Å². The molecule has 2 aliphatic rings. The van der Waals surface area contributed by atoms with Crippen molar-refractivity contribution in [2.24, 2.45) is 0 Å². The van der Waals surface area contributed by atoms with Crippen LogP contribution in [0.4, 0.5) is 11.4 Å². The molecule has 2 amide bonds. The Bertz CT molecular complexity index is 657. The van der Waals surface area contributed by atoms with E-state index in [2.05, 4.69) is 5.32 Å². The number of hydrogen-bond donors (Lipinski definition) is 1. The fourth-order valence-electron chi connectivity index (χ4n) is 2.63. The first kappa shape index (κ1) is 15.2. The molecule has 0 spiro atoms. The molecule has 3 rings (SSSR count). The number of anilines is 1. The highest BCUT2D eigenvalue weighted by atomic mass is 16.6. The predicted octanol–water partition coefficient (Wildman–Crippen LogP) is -0.248. The van der Waals surface area contributed by atoms with E-state index < -0.39 is 4.92 Å². The minimum Gasteiger partial charge on any atom is -0.482 e. The molecule has 0 aliphatic carbocycles. The van der Waals surface area contributed by atoms with Crippen molar-refractivity contribution >= 4 is 23.2 Å². The maximum Gasteiger partial charge on any atom is 0.271 e. The summed E-state index contributed by atoms with van der Waals surface area (Å²) in [6.45, 7) is 2.27. The number of carbonyl (C=O) groups is 2. The zero-order chi connectivity index (χ0) is 16.4. The van der Waals surface area contributed by atoms with Gasteiger partial charge >= 0.3 is 0 Å². The molecule has 1 aromatic rings. The molecule has 1 fully saturated rings. The summed E-state index contributed by atoms with van der Waals surface area (Å²) in [6, 6.07) is 4.02. The Labute approximate surface area is 131 Å². The molecule has 0 aromatic heterocycles. The van der Waals surface area contributed by atoms with E-state index in [1.165, 1.54) is 23.1 Å². The van der Waals surface area contributed by atoms with Gasteiger partial charge in [-0.05, 0) is 6.07 Å². The molecule has 2 aliphatic heterocycles. The maximum atomic E-state index is 12.4. The molecule has 122 valence electrons. The van der Waals surface area contributed by atoms with Crippen LogP contribution in [-0.4, -0.2) is 61.0 Å². The monoisotopic (exact) mass is 320 g/mol. The lowest BCUT2D eigenvalue weighted by molar-refractivity contribution is -0.384. The number of nitrogens with one attached hydrogen (secondary N) is 1. The summed E-state index contributed by atoms with van der Waals surface area (Å²) in [5, 5.41) is 14.1. The van der Waals surface area contributed by atoms with Crippen LogP contribution in [0.5, 0.6) is 5.75 Å². The van der Waals surface area contributed by atoms with E-state index in [4.69, 9.17) is 4.74 Å². The zero-order valence-electron chi connectivity index (χ0n) is 12.4. The average Bonchev–Trinajstić information content (AvgIpc) is 2.57. The average molecular weight is 320 g/mol. The Morgan fingerprint density at radius 3 is 2.78 bits per heavy atom. The van der Waals surface area contributed by atoms with Gasteiger partial charge < -0.3 is 15.0 Å². The van der Waals surface area contributed by atoms with E-state index in [1.807, 2.05) is 0 Å². The Balaban J connectivity index is 1.84. The number of fused-ring (bicyclic) bond motifs is 1. The number of rotatable bonds is 3. The first-order valence-corrected chi connectivity index (χ1v) is 7.26. The number of nitrogens with zero attached hydrogens (tertiary/aromatic N) is 3. The first-order chi connectivity index (χ1) is 11.1. The fourth-order valence-corrected chi connectivity index (χ4v) is 2.63. The summed E-state index contributed by atoms with van der Waals surface area (Å²) in [7, 11) is 0. The first-order valence-electron chi connectivity index (χ1n) is 7.26. The lowest BCUT2D eigenvalue weighted by atomic mass is 10.2. The van der Waals surface area contributed by atoms with E-state index in [9.17, 15) is 19.7 Å². The lowest BCUT2D eigenvalue weighted by Crippen LogP contribution is -2.51. The van der Waals surface area contributed by atoms with Gasteiger partial charge in [-0.25, -0.2) is 0 Å². The van der Waals surface area contributed by atoms with Gasteiger partial charge in [0, 0.05) is 38.3 Å². The van der Waals surface area contributed by atoms with Crippen LogP contribution in [0.15, 0.2) is 18.2 Å². The Kier molecular flexibility index (Phi) is 4.11. The third-order valence-corrected chi connectivity index (χ3v) is 3.86. The number of benzene rings is 1. The minimum absolute atomic E-state index is 0.142. The molecule has 0 saturated carbocycles. The minimum atomic E-state index is -0.546. The van der Waals surface area contributed by atoms with E-state index in [0.29, 0.717) is 31.9 Å². The number of carbonyl (C=O) groups excluding carboxylic acids is 2. The molecule has 0 atom stereocenters. The van der Waals surface area contributed by atoms with Crippen LogP contribution < -0.4 is 15.0 Å². The lowest BCUT2D eigenvalue weighted by Gasteiger charge is -2.32. The van der Waals surface area contributed by atoms with Crippen molar-refractivity contribution in [1.29, 1.82) is 0 Å². The summed E-state index contributed by atoms with van der Waals surface area (Å²) >= 11 is 0. The van der Waals surface area contributed by atoms with Gasteiger partial charge in [0.25, 0.3) is 11.6 Å². The van der Waals surface area contributed by atoms with Crippen LogP contribution in [0, 0.1) is 10.1 Å². The molecule has 9 heteroatoms. The zero-order valence-corrected chi connectivity index (χ0v) is 12.4. The quantitative estimate of drug-likeness (QED) is 0.608. The van der Waals surface area contributed by atoms with Crippen molar-refractivity contribution in [2.45, 2.75) is 0 Å². The highest BCUT2D eigenvalue weighted by Gasteiger charge is 2.30. The molecule has 0 bridgehead atoms. The standard InChI is InChI=1S/C14H16N4O5/c19-13(16-5-3-15-4-6-16)8-17-11-7-10(18(21)22)1-2-12(11)23-9-14(17)20/h1-2,7,15H,3-6,8-9H2. The maximum absolute atomic E-state index is 12.4. The number of amides is 2. The molecule has 23 heavy (non-hydrogen) atoms. The summed E-state index contributed by atoms with van der Waals surface area (Å²) in [4.78, 5) is 37.8. The van der Waals surface area contributed by atoms with Crippen LogP contribution in [0.3, 0.4) is 0 Å². The van der Waals surface area contributed by atoms with Gasteiger partial charge in [-0.2, -0.15) is 0 Å². The van der Waals surface area contributed by atoms with Gasteiger partial charge in [0.05, 0.1) is 10.6 Å². The van der Waals surface area contributed by atoms with Crippen LogP contribution in [0.2, 0.25) is 0 Å². The number of hydrogen-bond acceptors (Lipinski definition) is 6. The van der Waals surface area contributed by atoms with Gasteiger partial charge in [0.1, 0.15) is 12.3 Å². The highest BCUT2D eigenvalue weighted by molar-refractivity contribution is 6.02. The summed E-state index contributed by atoms with van der Waals surface area (Å²) in [5.74, 6) is -0.205. The van der Waals surface area contributed by atoms with E-state index in [-0.39, 0.29) is 36.3 Å². The second-order valence-electron chi connectivity index (χ2n) is 5.31. The van der Waals surface area contributed by atoms with Gasteiger partial charge in [-0.1, -0.05) is 0 Å². The number of piperazine rings is 1. The predicted molar refractivity (Wildman–Crippen MR) is 80.4 cm³/mol. The van der Waals surface area contributed by atoms with E-state index in [0.717, 1.165) is 0 Å². The van der Waals surface area contributed by atoms with Crippen molar-refractivity contribution in [1.82, 2.24) is 10.2 Å². The second-order valence-corrected chi connectivity index (χ2v) is 5.31. The number of non-ortho nitro benzene ring substituents is 1. The van der Waals surface area contributed by atoms with Gasteiger partial charge in [0.2, 0.25) is 5.91 Å². The summed E-state index contributed by atoms with van der Waals surface area (Å²) in [5.41, 5.74) is 0.112. The topological polar surface area (TPSA) is 105 Å². The normalized spacial score (nSPS) is 17.5. The van der Waals surface area contributed by atoms with Gasteiger partial charge in [-0.15, -0.1) is 0 Å². The molecule has 1 saturated heterocycles. The van der Waals surface area contributed by atoms with Crippen molar-refractivity contribution < 1.29 is 19.2 Å². The molecule has 0 radical (unpaired) electrons. The third kappa shape index (κ3) is 3.09. The van der Waals surface area contributed by atoms with Crippen molar-refractivity contribution in [3.63, 3.8) is 0 Å². The van der Waals surface area contributed by atoms with Crippen molar-refractivity contribution in [2.75, 3.05) is 44.2 Å². The number of nitro benzene ring substituents is 1. The second kappa shape index (κ2) is 6.21. The Morgan fingerprint density at radius 1 is 1.35 bits per heavy atom. The highest BCUT2D eigenvalue weighted by Crippen LogP contribution is 2.35. The number of ether oxygens (including phenoxy) is 1. The molecule has 1 N–H and O–H groups in total. The molecular weight excluding hydrogens is 304 g/mol. The summed E-state index contributed by atoms with van der Waals surface area (Å²) < 4.78 is 5.28. The SMILES string of the molecule is O=C(CN1C(=O)COc2ccc([N+](=O)[O-])cc21)N1CCNCC1. The molecular formula is C14H16N4O5. The fraction of sp³-hybridized carbons (Fsp3) is 0.429. The van der Waals surface area contributed by atoms with Crippen LogP contribution in [-0.2, 0) is 9.59 Å². The third-order valence-electron chi connectivity index (χ3n) is 3.86. The van der Waals surface area contributed by atoms with Crippen LogP contribution in [0.1, 0.15) is 0 Å². The smallest absolute Gasteiger partial charge is 0.271 e. The molecule has 0 unspecified atom stereocenters. The van der Waals surface area contributed by atoms with Crippen LogP contribution in [0.25, 0.3) is 0 Å². The van der Waals surface area contributed by atoms with Crippen LogP contribution >= 0.6 is 0 Å². The Morgan fingerprint density at radius 2 is 2.09 bits per heavy atom. The van der Waals surface area contributed by atoms with Gasteiger partial charge in [0.15, 0.2) is 6.61 Å². The van der Waals surface area contributed by atoms with E-state index in [1.54, 1.807) is 4.90 Å². The Hall–Kier alpha value is -2.68. The molecule has 1 aromatic carbocycles. The number of nitro groups is 1.